The number of ketones is 1. The molecule has 2 aliphatic carbocycles. The summed E-state index contributed by atoms with van der Waals surface area (Å²) in [7, 11) is 0. The van der Waals surface area contributed by atoms with Crippen LogP contribution in [0, 0.1) is 5.92 Å². The van der Waals surface area contributed by atoms with E-state index in [1.165, 1.54) is 0 Å². The highest BCUT2D eigenvalue weighted by Crippen LogP contribution is 2.67. The van der Waals surface area contributed by atoms with Crippen molar-refractivity contribution in [3.63, 3.8) is 0 Å². The van der Waals surface area contributed by atoms with Crippen LogP contribution in [-0.2, 0) is 11.2 Å². The van der Waals surface area contributed by atoms with Crippen molar-refractivity contribution in [3.05, 3.63) is 38.9 Å². The number of carbonyl (C=O) groups is 1. The van der Waals surface area contributed by atoms with Crippen LogP contribution in [0.3, 0.4) is 0 Å². The van der Waals surface area contributed by atoms with Crippen LogP contribution in [0.15, 0.2) is 17.7 Å². The number of carbonyl (C=O) groups excluding carboxylic acids is 1. The summed E-state index contributed by atoms with van der Waals surface area (Å²) in [6.45, 7) is 0. The molecule has 0 unspecified atom stereocenters. The summed E-state index contributed by atoms with van der Waals surface area (Å²) in [5.74, 6) is -43.4. The van der Waals surface area contributed by atoms with Gasteiger partial charge in [0, 0.05) is 27.6 Å². The minimum Gasteiger partial charge on any atom is -0.507 e. The van der Waals surface area contributed by atoms with Gasteiger partial charge < -0.3 is 5.11 Å². The van der Waals surface area contributed by atoms with Crippen LogP contribution in [0.5, 0.6) is 0 Å². The average molecular weight is 491 g/mol. The zero-order chi connectivity index (χ0) is 23.2. The highest BCUT2D eigenvalue weighted by atomic mass is 35.5. The van der Waals surface area contributed by atoms with E-state index in [1.54, 1.807) is 0 Å². The highest BCUT2D eigenvalue weighted by molar-refractivity contribution is 6.35. The van der Waals surface area contributed by atoms with Crippen molar-refractivity contribution >= 4 is 34.7 Å². The summed E-state index contributed by atoms with van der Waals surface area (Å²) in [6, 6.07) is 1.95. The number of fused-ring (bicyclic) bond motifs is 1. The topological polar surface area (TPSA) is 37.3 Å². The third-order valence-electron chi connectivity index (χ3n) is 4.97. The van der Waals surface area contributed by atoms with Crippen LogP contribution in [0.2, 0.25) is 10.0 Å². The fraction of sp³-hybridized carbons (Fsp3) is 0.438. The van der Waals surface area contributed by atoms with Gasteiger partial charge in [-0.2, -0.15) is 43.9 Å². The van der Waals surface area contributed by atoms with E-state index in [0.29, 0.717) is 0 Å². The number of aliphatic hydroxyl groups excluding tert-OH is 1. The van der Waals surface area contributed by atoms with Gasteiger partial charge in [-0.3, -0.25) is 4.79 Å². The number of allylic oxidation sites excluding steroid dienone is 1. The SMILES string of the molecule is O=C(C1=C(O)c2cc(Cl)cc(Cl)c2C1)C1C(F)(F)C(F)(F)C(F)(F)C(F)(F)C1(F)F. The van der Waals surface area contributed by atoms with Gasteiger partial charge in [-0.1, -0.05) is 23.2 Å². The predicted octanol–water partition coefficient (Wildman–Crippen LogP) is 6.19. The lowest BCUT2D eigenvalue weighted by Gasteiger charge is -2.49. The first-order chi connectivity index (χ1) is 13.3. The number of rotatable bonds is 2. The molecule has 1 fully saturated rings. The molecule has 1 N–H and O–H groups in total. The maximum atomic E-state index is 14.1. The van der Waals surface area contributed by atoms with Gasteiger partial charge in [-0.25, -0.2) is 0 Å². The van der Waals surface area contributed by atoms with Gasteiger partial charge in [-0.05, 0) is 17.7 Å². The van der Waals surface area contributed by atoms with Crippen LogP contribution in [-0.4, -0.2) is 40.5 Å². The highest BCUT2D eigenvalue weighted by Gasteiger charge is 2.96. The molecule has 1 saturated carbocycles. The smallest absolute Gasteiger partial charge is 0.384 e. The van der Waals surface area contributed by atoms with Crippen LogP contribution >= 0.6 is 23.2 Å². The molecule has 0 radical (unpaired) electrons. The Morgan fingerprint density at radius 2 is 1.33 bits per heavy atom. The van der Waals surface area contributed by atoms with E-state index in [9.17, 15) is 53.8 Å². The Balaban J connectivity index is 2.20. The Morgan fingerprint density at radius 1 is 0.867 bits per heavy atom. The number of halogens is 12. The summed E-state index contributed by atoms with van der Waals surface area (Å²) >= 11 is 11.4. The number of benzene rings is 1. The van der Waals surface area contributed by atoms with Crippen molar-refractivity contribution < 1.29 is 53.8 Å². The number of Topliss-reactive ketones (excluding diaryl/α,β-unsaturated/α-hetero) is 1. The van der Waals surface area contributed by atoms with Crippen molar-refractivity contribution in [3.8, 4) is 0 Å². The molecule has 14 heteroatoms. The second kappa shape index (κ2) is 6.18. The minimum absolute atomic E-state index is 0.176. The molecule has 2 aliphatic rings. The van der Waals surface area contributed by atoms with Gasteiger partial charge in [0.15, 0.2) is 11.7 Å². The summed E-state index contributed by atoms with van der Waals surface area (Å²) < 4.78 is 137. The molecular weight excluding hydrogens is 485 g/mol. The Kier molecular flexibility index (Phi) is 4.73. The molecule has 1 aromatic rings. The van der Waals surface area contributed by atoms with Crippen molar-refractivity contribution in [1.29, 1.82) is 0 Å². The molecule has 0 saturated heterocycles. The Morgan fingerprint density at radius 3 is 1.80 bits per heavy atom. The molecule has 0 bridgehead atoms. The lowest BCUT2D eigenvalue weighted by atomic mass is 9.71. The van der Waals surface area contributed by atoms with E-state index in [4.69, 9.17) is 23.2 Å². The Labute approximate surface area is 170 Å². The summed E-state index contributed by atoms with van der Waals surface area (Å²) in [4.78, 5) is 12.3. The van der Waals surface area contributed by atoms with E-state index >= 15 is 0 Å². The maximum Gasteiger partial charge on any atom is 0.384 e. The van der Waals surface area contributed by atoms with Crippen LogP contribution in [0.1, 0.15) is 11.1 Å². The fourth-order valence-corrected chi connectivity index (χ4v) is 3.89. The summed E-state index contributed by atoms with van der Waals surface area (Å²) in [6.07, 6.45) is -0.994. The largest absolute Gasteiger partial charge is 0.507 e. The molecule has 0 heterocycles. The second-order valence-electron chi connectivity index (χ2n) is 6.68. The van der Waals surface area contributed by atoms with E-state index in [0.717, 1.165) is 12.1 Å². The van der Waals surface area contributed by atoms with Crippen molar-refractivity contribution in [2.24, 2.45) is 5.92 Å². The molecule has 0 aliphatic heterocycles. The molecular formula is C16H6Cl2F10O2. The van der Waals surface area contributed by atoms with E-state index in [-0.39, 0.29) is 15.6 Å². The van der Waals surface area contributed by atoms with Gasteiger partial charge in [0.2, 0.25) is 0 Å². The standard InChI is InChI=1S/C16H6Cl2F10O2/c17-4-1-6-5(8(18)2-4)3-7(9(6)29)10(30)11-12(19,20)14(23,24)16(27,28)15(25,26)13(11,21)22/h1-2,11,29H,3H2. The third-order valence-corrected chi connectivity index (χ3v) is 5.52. The molecule has 0 atom stereocenters. The minimum atomic E-state index is -7.18. The van der Waals surface area contributed by atoms with Crippen molar-refractivity contribution in [2.45, 2.75) is 36.0 Å². The molecule has 166 valence electrons. The zero-order valence-corrected chi connectivity index (χ0v) is 15.3. The van der Waals surface area contributed by atoms with Crippen molar-refractivity contribution in [2.75, 3.05) is 0 Å². The number of alkyl halides is 10. The third kappa shape index (κ3) is 2.49. The Bertz CT molecular complexity index is 956. The number of aliphatic hydroxyl groups is 1. The summed E-state index contributed by atoms with van der Waals surface area (Å²) in [5, 5.41) is 9.55. The lowest BCUT2D eigenvalue weighted by Crippen LogP contribution is -2.78. The van der Waals surface area contributed by atoms with Gasteiger partial charge in [0.25, 0.3) is 0 Å². The van der Waals surface area contributed by atoms with Crippen LogP contribution in [0.4, 0.5) is 43.9 Å². The summed E-state index contributed by atoms with van der Waals surface area (Å²) in [5.41, 5.74) is -2.06. The van der Waals surface area contributed by atoms with E-state index in [2.05, 4.69) is 0 Å². The molecule has 0 aromatic heterocycles. The molecule has 0 spiro atoms. The molecule has 0 amide bonds. The fourth-order valence-electron chi connectivity index (χ4n) is 3.33. The van der Waals surface area contributed by atoms with Gasteiger partial charge in [-0.15, -0.1) is 0 Å². The quantitative estimate of drug-likeness (QED) is 0.501. The predicted molar refractivity (Wildman–Crippen MR) is 82.9 cm³/mol. The van der Waals surface area contributed by atoms with Crippen LogP contribution < -0.4 is 0 Å². The molecule has 3 rings (SSSR count). The first kappa shape index (κ1) is 23.0. The Hall–Kier alpha value is -1.69. The van der Waals surface area contributed by atoms with Crippen molar-refractivity contribution in [1.82, 2.24) is 0 Å². The lowest BCUT2D eigenvalue weighted by molar-refractivity contribution is -0.456. The first-order valence-corrected chi connectivity index (χ1v) is 8.43. The first-order valence-electron chi connectivity index (χ1n) is 7.67. The van der Waals surface area contributed by atoms with Gasteiger partial charge in [0.05, 0.1) is 0 Å². The van der Waals surface area contributed by atoms with Gasteiger partial charge in [0.1, 0.15) is 5.76 Å². The van der Waals surface area contributed by atoms with E-state index in [1.807, 2.05) is 0 Å². The van der Waals surface area contributed by atoms with Gasteiger partial charge >= 0.3 is 29.6 Å². The van der Waals surface area contributed by atoms with E-state index < -0.39 is 64.6 Å². The molecule has 30 heavy (non-hydrogen) atoms. The number of hydrogen-bond acceptors (Lipinski definition) is 2. The second-order valence-corrected chi connectivity index (χ2v) is 7.53. The number of hydrogen-bond donors (Lipinski definition) is 1. The normalized spacial score (nSPS) is 25.9. The zero-order valence-electron chi connectivity index (χ0n) is 13.8. The van der Waals surface area contributed by atoms with Crippen LogP contribution in [0.25, 0.3) is 5.76 Å². The average Bonchev–Trinajstić information content (AvgIpc) is 2.90. The molecule has 2 nitrogen and oxygen atoms in total. The molecule has 1 aromatic carbocycles. The maximum absolute atomic E-state index is 14.1. The monoisotopic (exact) mass is 490 g/mol.